The van der Waals surface area contributed by atoms with Crippen LogP contribution in [-0.2, 0) is 11.3 Å². The molecule has 0 spiro atoms. The first-order valence-electron chi connectivity index (χ1n) is 8.59. The molecule has 0 amide bonds. The van der Waals surface area contributed by atoms with E-state index in [4.69, 9.17) is 37.9 Å². The summed E-state index contributed by atoms with van der Waals surface area (Å²) in [7, 11) is 1.66. The molecule has 3 N–H and O–H groups in total. The molecule has 2 aromatic rings. The van der Waals surface area contributed by atoms with E-state index in [2.05, 4.69) is 22.5 Å². The predicted octanol–water partition coefficient (Wildman–Crippen LogP) is 2.90. The van der Waals surface area contributed by atoms with Crippen molar-refractivity contribution in [1.29, 1.82) is 0 Å². The summed E-state index contributed by atoms with van der Waals surface area (Å²) < 4.78 is 5.37. The highest BCUT2D eigenvalue weighted by Gasteiger charge is 2.31. The lowest BCUT2D eigenvalue weighted by atomic mass is 9.91. The molecule has 0 unspecified atom stereocenters. The highest BCUT2D eigenvalue weighted by molar-refractivity contribution is 6.42. The first-order chi connectivity index (χ1) is 12.3. The van der Waals surface area contributed by atoms with Crippen molar-refractivity contribution >= 4 is 29.0 Å². The van der Waals surface area contributed by atoms with Gasteiger partial charge in [0, 0.05) is 44.8 Å². The van der Waals surface area contributed by atoms with Gasteiger partial charge in [-0.3, -0.25) is 0 Å². The number of hydrogen-bond donors (Lipinski definition) is 1. The molecule has 2 aromatic heterocycles. The Kier molecular flexibility index (Phi) is 5.67. The van der Waals surface area contributed by atoms with Crippen molar-refractivity contribution in [2.24, 2.45) is 0 Å². The summed E-state index contributed by atoms with van der Waals surface area (Å²) in [6, 6.07) is 1.80. The minimum Gasteiger partial charge on any atom is -0.378 e. The molecule has 8 heteroatoms. The Balaban J connectivity index is 2.03. The summed E-state index contributed by atoms with van der Waals surface area (Å²) in [4.78, 5) is 16.0. The third-order valence-corrected chi connectivity index (χ3v) is 5.54. The SMILES string of the molecule is COCc1nc(-c2ccnc(Cl)c2Cl)c(C)nc1N1CCC(C)([NH3+])CC1. The average Bonchev–Trinajstić information content (AvgIpc) is 2.59. The Hall–Kier alpha value is -1.47. The van der Waals surface area contributed by atoms with E-state index in [0.29, 0.717) is 17.3 Å². The van der Waals surface area contributed by atoms with Crippen molar-refractivity contribution in [2.45, 2.75) is 38.8 Å². The van der Waals surface area contributed by atoms with Crippen LogP contribution >= 0.6 is 23.2 Å². The number of rotatable bonds is 4. The van der Waals surface area contributed by atoms with Crippen LogP contribution in [0.3, 0.4) is 0 Å². The van der Waals surface area contributed by atoms with Crippen molar-refractivity contribution in [1.82, 2.24) is 15.0 Å². The molecule has 1 fully saturated rings. The minimum absolute atomic E-state index is 0.127. The van der Waals surface area contributed by atoms with Gasteiger partial charge >= 0.3 is 0 Å². The summed E-state index contributed by atoms with van der Waals surface area (Å²) >= 11 is 12.4. The van der Waals surface area contributed by atoms with Crippen molar-refractivity contribution in [2.75, 3.05) is 25.1 Å². The molecule has 140 valence electrons. The van der Waals surface area contributed by atoms with Crippen LogP contribution in [0.4, 0.5) is 5.82 Å². The van der Waals surface area contributed by atoms with E-state index >= 15 is 0 Å². The molecule has 6 nitrogen and oxygen atoms in total. The van der Waals surface area contributed by atoms with Gasteiger partial charge in [-0.2, -0.15) is 0 Å². The first-order valence-corrected chi connectivity index (χ1v) is 9.35. The summed E-state index contributed by atoms with van der Waals surface area (Å²) in [6.07, 6.45) is 3.66. The maximum absolute atomic E-state index is 6.34. The molecular formula is C18H24Cl2N5O+. The van der Waals surface area contributed by atoms with Gasteiger partial charge in [-0.05, 0) is 19.9 Å². The lowest BCUT2D eigenvalue weighted by molar-refractivity contribution is -0.475. The fourth-order valence-electron chi connectivity index (χ4n) is 3.14. The maximum Gasteiger partial charge on any atom is 0.153 e. The zero-order chi connectivity index (χ0) is 18.9. The van der Waals surface area contributed by atoms with Crippen LogP contribution in [0.15, 0.2) is 12.3 Å². The zero-order valence-corrected chi connectivity index (χ0v) is 16.9. The molecule has 0 bridgehead atoms. The monoisotopic (exact) mass is 396 g/mol. The molecule has 26 heavy (non-hydrogen) atoms. The number of aryl methyl sites for hydroxylation is 1. The number of ether oxygens (including phenoxy) is 1. The molecular weight excluding hydrogens is 373 g/mol. The van der Waals surface area contributed by atoms with Crippen LogP contribution in [0.1, 0.15) is 31.2 Å². The molecule has 0 atom stereocenters. The fraction of sp³-hybridized carbons (Fsp3) is 0.500. The number of aromatic nitrogens is 3. The number of quaternary nitrogens is 1. The van der Waals surface area contributed by atoms with Crippen molar-refractivity contribution in [3.05, 3.63) is 33.8 Å². The molecule has 0 saturated carbocycles. The minimum atomic E-state index is 0.127. The maximum atomic E-state index is 6.34. The van der Waals surface area contributed by atoms with E-state index in [-0.39, 0.29) is 10.7 Å². The molecule has 3 heterocycles. The largest absolute Gasteiger partial charge is 0.378 e. The Morgan fingerprint density at radius 3 is 2.62 bits per heavy atom. The number of hydrogen-bond acceptors (Lipinski definition) is 5. The van der Waals surface area contributed by atoms with Gasteiger partial charge in [-0.1, -0.05) is 23.2 Å². The van der Waals surface area contributed by atoms with Crippen LogP contribution in [0.5, 0.6) is 0 Å². The Bertz CT molecular complexity index is 802. The lowest BCUT2D eigenvalue weighted by Gasteiger charge is -2.35. The van der Waals surface area contributed by atoms with E-state index in [1.807, 2.05) is 6.92 Å². The molecule has 0 aromatic carbocycles. The Morgan fingerprint density at radius 2 is 1.96 bits per heavy atom. The standard InChI is InChI=1S/C18H23Cl2N5O/c1-11-15(12-4-7-22-16(20)14(12)19)24-13(10-26-3)17(23-11)25-8-5-18(2,21)6-9-25/h4,7H,5-6,8-10,21H2,1-3H3/p+1. The van der Waals surface area contributed by atoms with Gasteiger partial charge in [-0.15, -0.1) is 0 Å². The van der Waals surface area contributed by atoms with E-state index in [0.717, 1.165) is 48.7 Å². The van der Waals surface area contributed by atoms with E-state index in [1.54, 1.807) is 19.4 Å². The van der Waals surface area contributed by atoms with Crippen molar-refractivity contribution < 1.29 is 10.5 Å². The highest BCUT2D eigenvalue weighted by atomic mass is 35.5. The van der Waals surface area contributed by atoms with Gasteiger partial charge in [0.2, 0.25) is 0 Å². The first kappa shape index (κ1) is 19.3. The molecule has 1 aliphatic heterocycles. The van der Waals surface area contributed by atoms with Crippen LogP contribution in [0.25, 0.3) is 11.3 Å². The Morgan fingerprint density at radius 1 is 1.27 bits per heavy atom. The number of halogens is 2. The van der Waals surface area contributed by atoms with Crippen molar-refractivity contribution in [3.63, 3.8) is 0 Å². The van der Waals surface area contributed by atoms with E-state index < -0.39 is 0 Å². The topological polar surface area (TPSA) is 78.8 Å². The summed E-state index contributed by atoms with van der Waals surface area (Å²) in [5.74, 6) is 0.875. The second kappa shape index (κ2) is 7.64. The predicted molar refractivity (Wildman–Crippen MR) is 103 cm³/mol. The van der Waals surface area contributed by atoms with Crippen LogP contribution < -0.4 is 10.6 Å². The summed E-state index contributed by atoms with van der Waals surface area (Å²) in [6.45, 7) is 6.33. The van der Waals surface area contributed by atoms with E-state index in [9.17, 15) is 0 Å². The quantitative estimate of drug-likeness (QED) is 0.803. The normalized spacial score (nSPS) is 16.8. The second-order valence-electron chi connectivity index (χ2n) is 7.12. The van der Waals surface area contributed by atoms with Gasteiger partial charge in [0.1, 0.15) is 10.8 Å². The number of nitrogens with zero attached hydrogens (tertiary/aromatic N) is 4. The second-order valence-corrected chi connectivity index (χ2v) is 7.86. The average molecular weight is 397 g/mol. The van der Waals surface area contributed by atoms with Crippen molar-refractivity contribution in [3.8, 4) is 11.3 Å². The van der Waals surface area contributed by atoms with Crippen LogP contribution in [0, 0.1) is 6.92 Å². The third-order valence-electron chi connectivity index (χ3n) is 4.77. The van der Waals surface area contributed by atoms with Gasteiger partial charge < -0.3 is 15.4 Å². The number of anilines is 1. The number of pyridine rings is 1. The van der Waals surface area contributed by atoms with Crippen LogP contribution in [0.2, 0.25) is 10.2 Å². The fourth-order valence-corrected chi connectivity index (χ4v) is 3.50. The zero-order valence-electron chi connectivity index (χ0n) is 15.4. The highest BCUT2D eigenvalue weighted by Crippen LogP contribution is 2.34. The molecule has 3 rings (SSSR count). The molecule has 0 aliphatic carbocycles. The summed E-state index contributed by atoms with van der Waals surface area (Å²) in [5, 5.41) is 0.641. The van der Waals surface area contributed by atoms with E-state index in [1.165, 1.54) is 0 Å². The lowest BCUT2D eigenvalue weighted by Crippen LogP contribution is -2.73. The van der Waals surface area contributed by atoms with Gasteiger partial charge in [0.15, 0.2) is 5.82 Å². The van der Waals surface area contributed by atoms with Crippen LogP contribution in [-0.4, -0.2) is 40.7 Å². The molecule has 1 aliphatic rings. The molecule has 0 radical (unpaired) electrons. The molecule has 1 saturated heterocycles. The summed E-state index contributed by atoms with van der Waals surface area (Å²) in [5.41, 5.74) is 7.44. The number of piperidine rings is 1. The number of methoxy groups -OCH3 is 1. The van der Waals surface area contributed by atoms with Gasteiger partial charge in [0.25, 0.3) is 0 Å². The van der Waals surface area contributed by atoms with Gasteiger partial charge in [0.05, 0.1) is 28.6 Å². The smallest absolute Gasteiger partial charge is 0.153 e. The van der Waals surface area contributed by atoms with Gasteiger partial charge in [-0.25, -0.2) is 15.0 Å². The third kappa shape index (κ3) is 3.93. The Labute approximate surface area is 163 Å².